The van der Waals surface area contributed by atoms with Crippen LogP contribution in [-0.4, -0.2) is 36.6 Å². The Hall–Kier alpha value is -1.13. The lowest BCUT2D eigenvalue weighted by molar-refractivity contribution is 0.131. The van der Waals surface area contributed by atoms with Crippen molar-refractivity contribution in [3.63, 3.8) is 0 Å². The minimum Gasteiger partial charge on any atom is -0.495 e. The number of pyridine rings is 1. The molecule has 96 valence electrons. The first-order chi connectivity index (χ1) is 7.95. The van der Waals surface area contributed by atoms with E-state index in [1.165, 1.54) is 0 Å². The number of nitrogens with zero attached hydrogens (tertiary/aromatic N) is 2. The van der Waals surface area contributed by atoms with Gasteiger partial charge in [0.05, 0.1) is 13.3 Å². The van der Waals surface area contributed by atoms with Crippen molar-refractivity contribution in [3.8, 4) is 5.75 Å². The lowest BCUT2D eigenvalue weighted by atomic mass is 9.85. The van der Waals surface area contributed by atoms with E-state index < -0.39 is 0 Å². The Morgan fingerprint density at radius 1 is 1.47 bits per heavy atom. The summed E-state index contributed by atoms with van der Waals surface area (Å²) in [5.74, 6) is 0.746. The Balaban J connectivity index is 3.05. The van der Waals surface area contributed by atoms with Crippen LogP contribution in [0.1, 0.15) is 31.9 Å². The molecule has 0 radical (unpaired) electrons. The van der Waals surface area contributed by atoms with Gasteiger partial charge in [0.25, 0.3) is 0 Å². The van der Waals surface area contributed by atoms with E-state index in [2.05, 4.69) is 37.8 Å². The van der Waals surface area contributed by atoms with Gasteiger partial charge in [0.1, 0.15) is 5.75 Å². The number of nitrogens with two attached hydrogens (primary N) is 1. The quantitative estimate of drug-likeness (QED) is 0.848. The van der Waals surface area contributed by atoms with E-state index >= 15 is 0 Å². The van der Waals surface area contributed by atoms with E-state index in [1.54, 1.807) is 13.3 Å². The van der Waals surface area contributed by atoms with Crippen molar-refractivity contribution in [1.82, 2.24) is 9.88 Å². The minimum absolute atomic E-state index is 0.0892. The second-order valence-electron chi connectivity index (χ2n) is 4.74. The van der Waals surface area contributed by atoms with Crippen molar-refractivity contribution >= 4 is 0 Å². The first-order valence-electron chi connectivity index (χ1n) is 5.87. The molecule has 0 saturated heterocycles. The molecule has 4 nitrogen and oxygen atoms in total. The highest BCUT2D eigenvalue weighted by Crippen LogP contribution is 2.31. The summed E-state index contributed by atoms with van der Waals surface area (Å²) in [4.78, 5) is 6.32. The van der Waals surface area contributed by atoms with Gasteiger partial charge in [-0.15, -0.1) is 0 Å². The van der Waals surface area contributed by atoms with E-state index in [-0.39, 0.29) is 11.6 Å². The molecule has 2 unspecified atom stereocenters. The SMILES string of the molecule is CCC(C)(C(N)c1cncc(OC)c1)N(C)C. The van der Waals surface area contributed by atoms with Crippen molar-refractivity contribution in [2.24, 2.45) is 5.73 Å². The lowest BCUT2D eigenvalue weighted by Gasteiger charge is -2.41. The third kappa shape index (κ3) is 2.76. The standard InChI is InChI=1S/C13H23N3O/c1-6-13(2,16(3)4)12(14)10-7-11(17-5)9-15-8-10/h7-9,12H,6,14H2,1-5H3. The van der Waals surface area contributed by atoms with E-state index in [0.29, 0.717) is 0 Å². The molecule has 0 aliphatic carbocycles. The summed E-state index contributed by atoms with van der Waals surface area (Å²) in [6.45, 7) is 4.31. The van der Waals surface area contributed by atoms with Gasteiger partial charge in [-0.1, -0.05) is 6.92 Å². The molecule has 0 fully saturated rings. The highest BCUT2D eigenvalue weighted by Gasteiger charge is 2.33. The summed E-state index contributed by atoms with van der Waals surface area (Å²) in [6, 6.07) is 1.86. The van der Waals surface area contributed by atoms with E-state index in [4.69, 9.17) is 10.5 Å². The zero-order valence-corrected chi connectivity index (χ0v) is 11.4. The Labute approximate surface area is 104 Å². The fourth-order valence-electron chi connectivity index (χ4n) is 1.89. The number of likely N-dealkylation sites (N-methyl/N-ethyl adjacent to an activating group) is 1. The van der Waals surface area contributed by atoms with Gasteiger partial charge in [0.15, 0.2) is 0 Å². The Bertz CT molecular complexity index is 367. The van der Waals surface area contributed by atoms with Crippen LogP contribution in [0.2, 0.25) is 0 Å². The van der Waals surface area contributed by atoms with Crippen LogP contribution in [-0.2, 0) is 0 Å². The Morgan fingerprint density at radius 2 is 2.12 bits per heavy atom. The fraction of sp³-hybridized carbons (Fsp3) is 0.615. The van der Waals surface area contributed by atoms with E-state index in [1.807, 2.05) is 12.3 Å². The maximum atomic E-state index is 6.37. The smallest absolute Gasteiger partial charge is 0.137 e. The molecule has 2 atom stereocenters. The maximum Gasteiger partial charge on any atom is 0.137 e. The molecule has 0 aliphatic heterocycles. The molecular weight excluding hydrogens is 214 g/mol. The summed E-state index contributed by atoms with van der Waals surface area (Å²) in [5, 5.41) is 0. The van der Waals surface area contributed by atoms with Crippen molar-refractivity contribution in [2.75, 3.05) is 21.2 Å². The topological polar surface area (TPSA) is 51.4 Å². The molecule has 4 heteroatoms. The van der Waals surface area contributed by atoms with Gasteiger partial charge < -0.3 is 15.4 Å². The normalized spacial score (nSPS) is 16.6. The van der Waals surface area contributed by atoms with E-state index in [0.717, 1.165) is 17.7 Å². The van der Waals surface area contributed by atoms with Gasteiger partial charge in [-0.05, 0) is 39.1 Å². The molecule has 0 aliphatic rings. The summed E-state index contributed by atoms with van der Waals surface area (Å²) in [5.41, 5.74) is 7.28. The first kappa shape index (κ1) is 13.9. The third-order valence-corrected chi connectivity index (χ3v) is 3.74. The molecule has 1 aromatic heterocycles. The monoisotopic (exact) mass is 237 g/mol. The molecule has 1 aromatic rings. The van der Waals surface area contributed by atoms with Crippen LogP contribution in [0.3, 0.4) is 0 Å². The molecular formula is C13H23N3O. The average molecular weight is 237 g/mol. The van der Waals surface area contributed by atoms with Gasteiger partial charge in [-0.3, -0.25) is 4.98 Å². The van der Waals surface area contributed by atoms with Gasteiger partial charge in [-0.25, -0.2) is 0 Å². The summed E-state index contributed by atoms with van der Waals surface area (Å²) in [6.07, 6.45) is 4.47. The van der Waals surface area contributed by atoms with Crippen LogP contribution in [0.25, 0.3) is 0 Å². The van der Waals surface area contributed by atoms with Crippen molar-refractivity contribution < 1.29 is 4.74 Å². The average Bonchev–Trinajstić information content (AvgIpc) is 2.36. The molecule has 0 amide bonds. The zero-order valence-electron chi connectivity index (χ0n) is 11.4. The number of hydrogen-bond donors (Lipinski definition) is 1. The van der Waals surface area contributed by atoms with E-state index in [9.17, 15) is 0 Å². The number of rotatable bonds is 5. The van der Waals surface area contributed by atoms with Crippen LogP contribution < -0.4 is 10.5 Å². The lowest BCUT2D eigenvalue weighted by Crippen LogP contribution is -2.49. The zero-order chi connectivity index (χ0) is 13.1. The van der Waals surface area contributed by atoms with Crippen LogP contribution in [0, 0.1) is 0 Å². The van der Waals surface area contributed by atoms with Crippen LogP contribution in [0.4, 0.5) is 0 Å². The number of aromatic nitrogens is 1. The van der Waals surface area contributed by atoms with Gasteiger partial charge in [0, 0.05) is 17.8 Å². The van der Waals surface area contributed by atoms with Crippen LogP contribution in [0.5, 0.6) is 5.75 Å². The summed E-state index contributed by atoms with van der Waals surface area (Å²) >= 11 is 0. The number of methoxy groups -OCH3 is 1. The van der Waals surface area contributed by atoms with Crippen molar-refractivity contribution in [2.45, 2.75) is 31.8 Å². The molecule has 1 heterocycles. The van der Waals surface area contributed by atoms with Crippen molar-refractivity contribution in [1.29, 1.82) is 0 Å². The fourth-order valence-corrected chi connectivity index (χ4v) is 1.89. The van der Waals surface area contributed by atoms with Gasteiger partial charge >= 0.3 is 0 Å². The Kier molecular flexibility index (Phi) is 4.48. The Morgan fingerprint density at radius 3 is 2.59 bits per heavy atom. The van der Waals surface area contributed by atoms with Crippen LogP contribution in [0.15, 0.2) is 18.5 Å². The van der Waals surface area contributed by atoms with Crippen molar-refractivity contribution in [3.05, 3.63) is 24.0 Å². The minimum atomic E-state index is -0.0925. The summed E-state index contributed by atoms with van der Waals surface area (Å²) < 4.78 is 5.18. The predicted molar refractivity (Wildman–Crippen MR) is 70.1 cm³/mol. The van der Waals surface area contributed by atoms with Gasteiger partial charge in [0.2, 0.25) is 0 Å². The second kappa shape index (κ2) is 5.47. The highest BCUT2D eigenvalue weighted by atomic mass is 16.5. The molecule has 1 rings (SSSR count). The molecule has 17 heavy (non-hydrogen) atoms. The predicted octanol–water partition coefficient (Wildman–Crippen LogP) is 1.82. The molecule has 0 saturated carbocycles. The van der Waals surface area contributed by atoms with Crippen LogP contribution >= 0.6 is 0 Å². The molecule has 0 aromatic carbocycles. The molecule has 0 bridgehead atoms. The number of hydrogen-bond acceptors (Lipinski definition) is 4. The second-order valence-corrected chi connectivity index (χ2v) is 4.74. The highest BCUT2D eigenvalue weighted by molar-refractivity contribution is 5.28. The third-order valence-electron chi connectivity index (χ3n) is 3.74. The maximum absolute atomic E-state index is 6.37. The number of ether oxygens (including phenoxy) is 1. The largest absolute Gasteiger partial charge is 0.495 e. The molecule has 2 N–H and O–H groups in total. The summed E-state index contributed by atoms with van der Waals surface area (Å²) in [7, 11) is 5.74. The molecule has 0 spiro atoms. The van der Waals surface area contributed by atoms with Gasteiger partial charge in [-0.2, -0.15) is 0 Å². The first-order valence-corrected chi connectivity index (χ1v) is 5.87.